The Morgan fingerprint density at radius 2 is 1.75 bits per heavy atom. The molecule has 6 heteroatoms. The highest BCUT2D eigenvalue weighted by Crippen LogP contribution is 2.34. The van der Waals surface area contributed by atoms with Gasteiger partial charge in [0, 0.05) is 0 Å². The van der Waals surface area contributed by atoms with Crippen molar-refractivity contribution < 1.29 is 14.3 Å². The van der Waals surface area contributed by atoms with Crippen molar-refractivity contribution in [2.24, 2.45) is 5.10 Å². The third kappa shape index (κ3) is 5.32. The minimum atomic E-state index is -0.424. The second kappa shape index (κ2) is 9.89. The van der Waals surface area contributed by atoms with Gasteiger partial charge in [0.2, 0.25) is 0 Å². The van der Waals surface area contributed by atoms with Gasteiger partial charge >= 0.3 is 5.97 Å². The van der Waals surface area contributed by atoms with Crippen molar-refractivity contribution in [3.8, 4) is 11.5 Å². The van der Waals surface area contributed by atoms with Gasteiger partial charge in [-0.25, -0.2) is 4.79 Å². The van der Waals surface area contributed by atoms with Crippen LogP contribution in [0.4, 0.5) is 5.69 Å². The molecular weight excluding hydrogens is 467 g/mol. The Morgan fingerprint density at radius 3 is 2.43 bits per heavy atom. The van der Waals surface area contributed by atoms with E-state index in [0.29, 0.717) is 23.7 Å². The molecule has 0 atom stereocenters. The van der Waals surface area contributed by atoms with E-state index in [9.17, 15) is 4.79 Å². The molecule has 3 aromatic carbocycles. The predicted octanol–water partition coefficient (Wildman–Crippen LogP) is 5.36. The lowest BCUT2D eigenvalue weighted by molar-refractivity contribution is 0.0727. The van der Waals surface area contributed by atoms with Crippen molar-refractivity contribution in [1.29, 1.82) is 0 Å². The fourth-order valence-corrected chi connectivity index (χ4v) is 3.18. The van der Waals surface area contributed by atoms with Crippen molar-refractivity contribution in [1.82, 2.24) is 0 Å². The summed E-state index contributed by atoms with van der Waals surface area (Å²) in [4.78, 5) is 12.4. The quantitative estimate of drug-likeness (QED) is 0.161. The second-order valence-electron chi connectivity index (χ2n) is 5.75. The van der Waals surface area contributed by atoms with Crippen molar-refractivity contribution in [2.45, 2.75) is 6.92 Å². The lowest BCUT2D eigenvalue weighted by atomic mass is 10.2. The number of benzene rings is 3. The van der Waals surface area contributed by atoms with Crippen LogP contribution in [0.2, 0.25) is 0 Å². The minimum absolute atomic E-state index is 0.407. The van der Waals surface area contributed by atoms with E-state index in [4.69, 9.17) is 9.47 Å². The van der Waals surface area contributed by atoms with Gasteiger partial charge in [-0.1, -0.05) is 36.4 Å². The lowest BCUT2D eigenvalue weighted by Gasteiger charge is -2.13. The molecule has 0 heterocycles. The van der Waals surface area contributed by atoms with Crippen molar-refractivity contribution in [3.63, 3.8) is 0 Å². The van der Waals surface area contributed by atoms with Crippen LogP contribution in [0.3, 0.4) is 0 Å². The maximum atomic E-state index is 12.4. The first-order valence-corrected chi connectivity index (χ1v) is 9.83. The number of halogens is 1. The van der Waals surface area contributed by atoms with Gasteiger partial charge < -0.3 is 9.47 Å². The van der Waals surface area contributed by atoms with E-state index in [-0.39, 0.29) is 0 Å². The van der Waals surface area contributed by atoms with Crippen LogP contribution < -0.4 is 14.9 Å². The smallest absolute Gasteiger partial charge is 0.343 e. The number of ether oxygens (including phenoxy) is 2. The summed E-state index contributed by atoms with van der Waals surface area (Å²) in [5, 5.41) is 4.25. The third-order valence-electron chi connectivity index (χ3n) is 3.72. The van der Waals surface area contributed by atoms with E-state index in [0.717, 1.165) is 14.8 Å². The van der Waals surface area contributed by atoms with Gasteiger partial charge in [0.1, 0.15) is 0 Å². The summed E-state index contributed by atoms with van der Waals surface area (Å²) in [7, 11) is 0. The molecule has 0 aliphatic rings. The Kier molecular flexibility index (Phi) is 7.02. The normalized spacial score (nSPS) is 10.6. The molecule has 5 nitrogen and oxygen atoms in total. The number of esters is 1. The highest BCUT2D eigenvalue weighted by molar-refractivity contribution is 14.1. The average molecular weight is 486 g/mol. The number of nitrogens with one attached hydrogen (secondary N) is 1. The van der Waals surface area contributed by atoms with Gasteiger partial charge in [0.05, 0.1) is 27.6 Å². The van der Waals surface area contributed by atoms with Crippen LogP contribution >= 0.6 is 22.6 Å². The number of hydrogen-bond donors (Lipinski definition) is 1. The Bertz CT molecular complexity index is 960. The number of nitrogens with zero attached hydrogens (tertiary/aromatic N) is 1. The van der Waals surface area contributed by atoms with Gasteiger partial charge in [0.25, 0.3) is 0 Å². The highest BCUT2D eigenvalue weighted by Gasteiger charge is 2.16. The van der Waals surface area contributed by atoms with E-state index in [1.807, 2.05) is 49.4 Å². The summed E-state index contributed by atoms with van der Waals surface area (Å²) >= 11 is 2.13. The summed E-state index contributed by atoms with van der Waals surface area (Å²) in [5.74, 6) is 0.482. The fraction of sp³-hybridized carbons (Fsp3) is 0.0909. The Balaban J connectivity index is 1.80. The molecule has 1 N–H and O–H groups in total. The SMILES string of the molecule is CCOc1cc(C=NNc2ccccc2)cc(I)c1OC(=O)c1ccccc1. The van der Waals surface area contributed by atoms with Crippen LogP contribution in [0.25, 0.3) is 0 Å². The molecule has 0 aromatic heterocycles. The number of hydrogen-bond acceptors (Lipinski definition) is 5. The largest absolute Gasteiger partial charge is 0.490 e. The number of rotatable bonds is 7. The topological polar surface area (TPSA) is 59.9 Å². The molecule has 0 saturated heterocycles. The van der Waals surface area contributed by atoms with E-state index in [2.05, 4.69) is 33.1 Å². The van der Waals surface area contributed by atoms with Crippen LogP contribution in [0.15, 0.2) is 77.9 Å². The van der Waals surface area contributed by atoms with Gasteiger partial charge in [-0.05, 0) is 71.5 Å². The second-order valence-corrected chi connectivity index (χ2v) is 6.92. The molecule has 0 amide bonds. The lowest BCUT2D eigenvalue weighted by Crippen LogP contribution is -2.11. The van der Waals surface area contributed by atoms with Crippen LogP contribution in [-0.4, -0.2) is 18.8 Å². The summed E-state index contributed by atoms with van der Waals surface area (Å²) in [6.07, 6.45) is 1.69. The number of para-hydroxylation sites is 1. The average Bonchev–Trinajstić information content (AvgIpc) is 2.72. The molecule has 3 rings (SSSR count). The standard InChI is InChI=1S/C22H19IN2O3/c1-2-27-20-14-16(15-24-25-18-11-7-4-8-12-18)13-19(23)21(20)28-22(26)17-9-5-3-6-10-17/h3-15,25H,2H2,1H3. The van der Waals surface area contributed by atoms with Gasteiger partial charge in [-0.2, -0.15) is 5.10 Å². The molecule has 3 aromatic rings. The van der Waals surface area contributed by atoms with Crippen molar-refractivity contribution in [2.75, 3.05) is 12.0 Å². The first kappa shape index (κ1) is 19.9. The van der Waals surface area contributed by atoms with Crippen molar-refractivity contribution in [3.05, 3.63) is 87.5 Å². The van der Waals surface area contributed by atoms with Gasteiger partial charge in [-0.15, -0.1) is 0 Å². The Labute approximate surface area is 177 Å². The molecule has 0 fully saturated rings. The number of anilines is 1. The molecular formula is C22H19IN2O3. The Hall–Kier alpha value is -2.87. The first-order valence-electron chi connectivity index (χ1n) is 8.75. The van der Waals surface area contributed by atoms with Crippen LogP contribution in [-0.2, 0) is 0 Å². The molecule has 0 radical (unpaired) electrons. The third-order valence-corrected chi connectivity index (χ3v) is 4.52. The monoisotopic (exact) mass is 486 g/mol. The van der Waals surface area contributed by atoms with Crippen LogP contribution in [0, 0.1) is 3.57 Å². The van der Waals surface area contributed by atoms with Gasteiger partial charge in [0.15, 0.2) is 11.5 Å². The predicted molar refractivity (Wildman–Crippen MR) is 119 cm³/mol. The number of carbonyl (C=O) groups excluding carboxylic acids is 1. The van der Waals surface area contributed by atoms with E-state index >= 15 is 0 Å². The zero-order chi connectivity index (χ0) is 19.8. The van der Waals surface area contributed by atoms with Crippen LogP contribution in [0.5, 0.6) is 11.5 Å². The summed E-state index contributed by atoms with van der Waals surface area (Å²) in [5.41, 5.74) is 5.18. The van der Waals surface area contributed by atoms with E-state index in [1.54, 1.807) is 36.5 Å². The molecule has 0 aliphatic carbocycles. The maximum Gasteiger partial charge on any atom is 0.343 e. The van der Waals surface area contributed by atoms with Gasteiger partial charge in [-0.3, -0.25) is 5.43 Å². The zero-order valence-electron chi connectivity index (χ0n) is 15.3. The Morgan fingerprint density at radius 1 is 1.07 bits per heavy atom. The number of hydrazone groups is 1. The molecule has 142 valence electrons. The highest BCUT2D eigenvalue weighted by atomic mass is 127. The maximum absolute atomic E-state index is 12.4. The van der Waals surface area contributed by atoms with E-state index < -0.39 is 5.97 Å². The minimum Gasteiger partial charge on any atom is -0.490 e. The molecule has 28 heavy (non-hydrogen) atoms. The summed E-state index contributed by atoms with van der Waals surface area (Å²) in [6, 6.07) is 22.2. The van der Waals surface area contributed by atoms with E-state index in [1.165, 1.54) is 0 Å². The first-order chi connectivity index (χ1) is 13.7. The fourth-order valence-electron chi connectivity index (χ4n) is 2.44. The van der Waals surface area contributed by atoms with Crippen LogP contribution in [0.1, 0.15) is 22.8 Å². The molecule has 0 unspecified atom stereocenters. The number of carbonyl (C=O) groups is 1. The molecule has 0 aliphatic heterocycles. The zero-order valence-corrected chi connectivity index (χ0v) is 17.4. The summed E-state index contributed by atoms with van der Waals surface area (Å²) < 4.78 is 12.1. The molecule has 0 saturated carbocycles. The molecule has 0 spiro atoms. The van der Waals surface area contributed by atoms with Crippen molar-refractivity contribution >= 4 is 40.5 Å². The molecule has 0 bridgehead atoms. The summed E-state index contributed by atoms with van der Waals surface area (Å²) in [6.45, 7) is 2.34.